The molecule has 2 N–H and O–H groups in total. The second-order valence-electron chi connectivity index (χ2n) is 4.12. The van der Waals surface area contributed by atoms with Gasteiger partial charge >= 0.3 is 0 Å². The number of nitrogens with two attached hydrogens (primary N) is 1. The Balaban J connectivity index is 0.00000144. The van der Waals surface area contributed by atoms with E-state index in [0.717, 1.165) is 23.9 Å². The summed E-state index contributed by atoms with van der Waals surface area (Å²) in [7, 11) is 1.77. The van der Waals surface area contributed by atoms with E-state index in [0.29, 0.717) is 12.2 Å². The van der Waals surface area contributed by atoms with Crippen LogP contribution in [0.15, 0.2) is 10.7 Å². The summed E-state index contributed by atoms with van der Waals surface area (Å²) in [6.45, 7) is 1.42. The number of rotatable bonds is 1. The molecule has 0 saturated carbocycles. The smallest absolute Gasteiger partial charge is 0.273 e. The number of carbonyl (C=O) groups excluding carboxylic acids is 1. The van der Waals surface area contributed by atoms with Crippen LogP contribution < -0.4 is 5.73 Å². The zero-order chi connectivity index (χ0) is 11.7. The first-order chi connectivity index (χ1) is 7.59. The normalized spacial score (nSPS) is 19.9. The maximum absolute atomic E-state index is 12.2. The van der Waals surface area contributed by atoms with Crippen molar-refractivity contribution in [2.45, 2.75) is 18.9 Å². The fourth-order valence-electron chi connectivity index (χ4n) is 2.00. The quantitative estimate of drug-likeness (QED) is 0.844. The van der Waals surface area contributed by atoms with Gasteiger partial charge in [-0.15, -0.1) is 12.4 Å². The van der Waals surface area contributed by atoms with Gasteiger partial charge in [-0.05, 0) is 28.8 Å². The van der Waals surface area contributed by atoms with Gasteiger partial charge in [-0.25, -0.2) is 0 Å². The molecule has 1 saturated heterocycles. The molecule has 7 heteroatoms. The number of carbonyl (C=O) groups is 1. The van der Waals surface area contributed by atoms with Crippen LogP contribution in [0.25, 0.3) is 0 Å². The van der Waals surface area contributed by atoms with Crippen molar-refractivity contribution in [3.05, 3.63) is 16.4 Å². The highest BCUT2D eigenvalue weighted by Crippen LogP contribution is 2.19. The van der Waals surface area contributed by atoms with Gasteiger partial charge in [0.05, 0.1) is 10.7 Å². The van der Waals surface area contributed by atoms with Crippen molar-refractivity contribution < 1.29 is 4.79 Å². The van der Waals surface area contributed by atoms with Crippen LogP contribution in [0.5, 0.6) is 0 Å². The number of aromatic nitrogens is 2. The van der Waals surface area contributed by atoms with Gasteiger partial charge in [0.2, 0.25) is 0 Å². The van der Waals surface area contributed by atoms with Gasteiger partial charge in [0, 0.05) is 26.2 Å². The van der Waals surface area contributed by atoms with Crippen LogP contribution in [0.2, 0.25) is 0 Å². The van der Waals surface area contributed by atoms with Crippen molar-refractivity contribution >= 4 is 34.2 Å². The average Bonchev–Trinajstić information content (AvgIpc) is 2.58. The third kappa shape index (κ3) is 3.00. The van der Waals surface area contributed by atoms with Gasteiger partial charge in [-0.2, -0.15) is 5.10 Å². The maximum Gasteiger partial charge on any atom is 0.273 e. The number of likely N-dealkylation sites (tertiary alicyclic amines) is 1. The molecule has 1 aliphatic rings. The molecule has 5 nitrogen and oxygen atoms in total. The van der Waals surface area contributed by atoms with E-state index in [4.69, 9.17) is 5.73 Å². The van der Waals surface area contributed by atoms with Crippen molar-refractivity contribution in [1.82, 2.24) is 14.7 Å². The molecule has 1 aliphatic heterocycles. The number of halogens is 2. The fraction of sp³-hybridized carbons (Fsp3) is 0.600. The van der Waals surface area contributed by atoms with E-state index in [9.17, 15) is 4.79 Å². The summed E-state index contributed by atoms with van der Waals surface area (Å²) in [6, 6.07) is 0.102. The Morgan fingerprint density at radius 2 is 2.35 bits per heavy atom. The molecular formula is C10H16BrClN4O. The summed E-state index contributed by atoms with van der Waals surface area (Å²) < 4.78 is 2.33. The molecule has 1 aromatic rings. The van der Waals surface area contributed by atoms with E-state index in [1.54, 1.807) is 22.8 Å². The number of aryl methyl sites for hydroxylation is 1. The van der Waals surface area contributed by atoms with E-state index < -0.39 is 0 Å². The summed E-state index contributed by atoms with van der Waals surface area (Å²) in [5, 5.41) is 4.04. The highest BCUT2D eigenvalue weighted by atomic mass is 79.9. The van der Waals surface area contributed by atoms with Crippen LogP contribution in [0.3, 0.4) is 0 Å². The topological polar surface area (TPSA) is 64.2 Å². The molecule has 0 bridgehead atoms. The number of hydrogen-bond acceptors (Lipinski definition) is 3. The lowest BCUT2D eigenvalue weighted by atomic mass is 10.1. The number of nitrogens with zero attached hydrogens (tertiary/aromatic N) is 3. The Morgan fingerprint density at radius 3 is 2.88 bits per heavy atom. The first-order valence-corrected chi connectivity index (χ1v) is 6.11. The molecule has 96 valence electrons. The zero-order valence-electron chi connectivity index (χ0n) is 9.60. The largest absolute Gasteiger partial charge is 0.336 e. The minimum absolute atomic E-state index is 0. The van der Waals surface area contributed by atoms with E-state index >= 15 is 0 Å². The van der Waals surface area contributed by atoms with Gasteiger partial charge in [-0.3, -0.25) is 9.48 Å². The lowest BCUT2D eigenvalue weighted by molar-refractivity contribution is 0.0696. The third-order valence-corrected chi connectivity index (χ3v) is 3.42. The molecule has 0 radical (unpaired) electrons. The van der Waals surface area contributed by atoms with E-state index in [2.05, 4.69) is 21.0 Å². The van der Waals surface area contributed by atoms with Crippen LogP contribution in [0, 0.1) is 0 Å². The van der Waals surface area contributed by atoms with Crippen LogP contribution in [0.4, 0.5) is 0 Å². The molecule has 0 spiro atoms. The zero-order valence-corrected chi connectivity index (χ0v) is 12.0. The van der Waals surface area contributed by atoms with Crippen molar-refractivity contribution in [2.75, 3.05) is 13.1 Å². The first kappa shape index (κ1) is 14.5. The van der Waals surface area contributed by atoms with Crippen LogP contribution in [0.1, 0.15) is 23.3 Å². The molecule has 1 fully saturated rings. The first-order valence-electron chi connectivity index (χ1n) is 5.32. The Labute approximate surface area is 115 Å². The SMILES string of the molecule is Cl.Cn1ncc(Br)c1C(=O)N1CCCC(N)C1. The highest BCUT2D eigenvalue weighted by molar-refractivity contribution is 9.10. The summed E-state index contributed by atoms with van der Waals surface area (Å²) >= 11 is 3.34. The van der Waals surface area contributed by atoms with E-state index in [-0.39, 0.29) is 24.4 Å². The van der Waals surface area contributed by atoms with Crippen molar-refractivity contribution in [3.63, 3.8) is 0 Å². The minimum atomic E-state index is 0. The van der Waals surface area contributed by atoms with Crippen molar-refractivity contribution in [3.8, 4) is 0 Å². The molecule has 2 heterocycles. The second-order valence-corrected chi connectivity index (χ2v) is 4.97. The predicted molar refractivity (Wildman–Crippen MR) is 71.3 cm³/mol. The Morgan fingerprint density at radius 1 is 1.65 bits per heavy atom. The van der Waals surface area contributed by atoms with Gasteiger partial charge in [0.1, 0.15) is 5.69 Å². The molecule has 0 aliphatic carbocycles. The van der Waals surface area contributed by atoms with Gasteiger partial charge in [0.15, 0.2) is 0 Å². The molecular weight excluding hydrogens is 307 g/mol. The Hall–Kier alpha value is -0.590. The Kier molecular flexibility index (Phi) is 4.97. The van der Waals surface area contributed by atoms with Crippen molar-refractivity contribution in [2.24, 2.45) is 12.8 Å². The average molecular weight is 324 g/mol. The third-order valence-electron chi connectivity index (χ3n) is 2.84. The lowest BCUT2D eigenvalue weighted by Gasteiger charge is -2.30. The maximum atomic E-state index is 12.2. The summed E-state index contributed by atoms with van der Waals surface area (Å²) in [6.07, 6.45) is 3.61. The lowest BCUT2D eigenvalue weighted by Crippen LogP contribution is -2.46. The van der Waals surface area contributed by atoms with E-state index in [1.807, 2.05) is 0 Å². The summed E-state index contributed by atoms with van der Waals surface area (Å²) in [5.41, 5.74) is 6.46. The van der Waals surface area contributed by atoms with Gasteiger partial charge in [0.25, 0.3) is 5.91 Å². The van der Waals surface area contributed by atoms with Gasteiger partial charge < -0.3 is 10.6 Å². The molecule has 1 unspecified atom stereocenters. The van der Waals surface area contributed by atoms with E-state index in [1.165, 1.54) is 0 Å². The van der Waals surface area contributed by atoms with Crippen LogP contribution in [-0.4, -0.2) is 39.7 Å². The molecule has 0 aromatic carbocycles. The van der Waals surface area contributed by atoms with Crippen LogP contribution >= 0.6 is 28.3 Å². The van der Waals surface area contributed by atoms with Gasteiger partial charge in [-0.1, -0.05) is 0 Å². The molecule has 2 rings (SSSR count). The molecule has 1 aromatic heterocycles. The van der Waals surface area contributed by atoms with Crippen LogP contribution in [-0.2, 0) is 7.05 Å². The minimum Gasteiger partial charge on any atom is -0.336 e. The fourth-order valence-corrected chi connectivity index (χ4v) is 2.51. The standard InChI is InChI=1S/C10H15BrN4O.ClH/c1-14-9(8(11)5-13-14)10(16)15-4-2-3-7(12)6-15;/h5,7H,2-4,6,12H2,1H3;1H. The molecule has 17 heavy (non-hydrogen) atoms. The second kappa shape index (κ2) is 5.84. The Bertz CT molecular complexity index is 390. The number of hydrogen-bond donors (Lipinski definition) is 1. The predicted octanol–water partition coefficient (Wildman–Crippen LogP) is 1.17. The van der Waals surface area contributed by atoms with Crippen molar-refractivity contribution in [1.29, 1.82) is 0 Å². The number of amides is 1. The molecule has 1 atom stereocenters. The number of piperidine rings is 1. The monoisotopic (exact) mass is 322 g/mol. The summed E-state index contributed by atoms with van der Waals surface area (Å²) in [4.78, 5) is 14.0. The molecule has 1 amide bonds. The summed E-state index contributed by atoms with van der Waals surface area (Å²) in [5.74, 6) is 0.00188. The highest BCUT2D eigenvalue weighted by Gasteiger charge is 2.25.